The topological polar surface area (TPSA) is 67.7 Å². The van der Waals surface area contributed by atoms with Gasteiger partial charge in [0, 0.05) is 39.8 Å². The van der Waals surface area contributed by atoms with Crippen molar-refractivity contribution >= 4 is 17.1 Å². The standard InChI is InChI=1S/C58H50N6/c1-34-36(3)40(7)53-47(38(34)5)32-48-39(6)35(2)37(4)41(8)54(48)64(53)52-30-29-46(58-62-56(44-25-17-11-18-26-44)61-57(63-58)45-27-19-12-20-28-45)31-49(52)51-33-50(42-21-13-9-14-22-42)59-55(60-51)43-23-15-10-16-24-43/h9-31,33H,32H2,1-8H3. The van der Waals surface area contributed by atoms with Gasteiger partial charge in [0.05, 0.1) is 28.5 Å². The van der Waals surface area contributed by atoms with E-state index in [9.17, 15) is 0 Å². The third kappa shape index (κ3) is 6.96. The second-order valence-corrected chi connectivity index (χ2v) is 17.1. The molecule has 0 spiro atoms. The second-order valence-electron chi connectivity index (χ2n) is 17.1. The fourth-order valence-corrected chi connectivity index (χ4v) is 9.38. The third-order valence-corrected chi connectivity index (χ3v) is 13.7. The summed E-state index contributed by atoms with van der Waals surface area (Å²) in [6, 6.07) is 49.8. The van der Waals surface area contributed by atoms with Crippen molar-refractivity contribution in [3.8, 4) is 68.1 Å². The van der Waals surface area contributed by atoms with E-state index >= 15 is 0 Å². The van der Waals surface area contributed by atoms with Gasteiger partial charge in [0.2, 0.25) is 0 Å². The maximum atomic E-state index is 5.48. The summed E-state index contributed by atoms with van der Waals surface area (Å²) in [5.41, 5.74) is 24.1. The molecule has 0 bridgehead atoms. The summed E-state index contributed by atoms with van der Waals surface area (Å²) >= 11 is 0. The minimum absolute atomic E-state index is 0.581. The van der Waals surface area contributed by atoms with Gasteiger partial charge in [-0.1, -0.05) is 121 Å². The van der Waals surface area contributed by atoms with E-state index in [1.54, 1.807) is 0 Å². The lowest BCUT2D eigenvalue weighted by molar-refractivity contribution is 0.996. The van der Waals surface area contributed by atoms with Crippen LogP contribution in [-0.4, -0.2) is 24.9 Å². The van der Waals surface area contributed by atoms with Crippen molar-refractivity contribution in [3.63, 3.8) is 0 Å². The summed E-state index contributed by atoms with van der Waals surface area (Å²) in [7, 11) is 0. The summed E-state index contributed by atoms with van der Waals surface area (Å²) in [6.45, 7) is 18.3. The van der Waals surface area contributed by atoms with E-state index in [0.29, 0.717) is 23.3 Å². The van der Waals surface area contributed by atoms with Crippen molar-refractivity contribution in [2.45, 2.75) is 61.8 Å². The maximum absolute atomic E-state index is 5.48. The Morgan fingerprint density at radius 2 is 0.703 bits per heavy atom. The van der Waals surface area contributed by atoms with Crippen LogP contribution in [0.15, 0.2) is 146 Å². The summed E-state index contributed by atoms with van der Waals surface area (Å²) in [4.78, 5) is 28.7. The predicted molar refractivity (Wildman–Crippen MR) is 263 cm³/mol. The van der Waals surface area contributed by atoms with Gasteiger partial charge in [0.25, 0.3) is 0 Å². The first-order valence-corrected chi connectivity index (χ1v) is 22.1. The number of hydrogen-bond donors (Lipinski definition) is 0. The van der Waals surface area contributed by atoms with Gasteiger partial charge in [-0.15, -0.1) is 0 Å². The lowest BCUT2D eigenvalue weighted by Gasteiger charge is -2.40. The summed E-state index contributed by atoms with van der Waals surface area (Å²) in [5, 5.41) is 0. The van der Waals surface area contributed by atoms with Gasteiger partial charge >= 0.3 is 0 Å². The van der Waals surface area contributed by atoms with Crippen LogP contribution in [0.1, 0.15) is 55.6 Å². The summed E-state index contributed by atoms with van der Waals surface area (Å²) in [6.07, 6.45) is 0.870. The molecule has 0 amide bonds. The molecule has 1 aliphatic rings. The van der Waals surface area contributed by atoms with Crippen LogP contribution in [0.25, 0.3) is 68.1 Å². The van der Waals surface area contributed by atoms with E-state index in [4.69, 9.17) is 24.9 Å². The Bertz CT molecular complexity index is 3070. The molecule has 312 valence electrons. The van der Waals surface area contributed by atoms with Crippen LogP contribution in [0.5, 0.6) is 0 Å². The molecule has 0 atom stereocenters. The Labute approximate surface area is 376 Å². The molecule has 6 heteroatoms. The molecule has 10 rings (SSSR count). The Balaban J connectivity index is 1.32. The molecule has 1 aliphatic heterocycles. The number of nitrogens with zero attached hydrogens (tertiary/aromatic N) is 6. The highest BCUT2D eigenvalue weighted by atomic mass is 15.2. The van der Waals surface area contributed by atoms with Crippen molar-refractivity contribution in [1.82, 2.24) is 24.9 Å². The fourth-order valence-electron chi connectivity index (χ4n) is 9.38. The lowest BCUT2D eigenvalue weighted by atomic mass is 9.80. The molecule has 0 fully saturated rings. The molecule has 0 saturated heterocycles. The molecule has 0 unspecified atom stereocenters. The Morgan fingerprint density at radius 1 is 0.328 bits per heavy atom. The Hall–Kier alpha value is -7.57. The van der Waals surface area contributed by atoms with Crippen molar-refractivity contribution < 1.29 is 0 Å². The SMILES string of the molecule is Cc1c(C)c(C)c2c(c1C)Cc1c(C)c(C)c(C)c(C)c1N2c1ccc(-c2nc(-c3ccccc3)nc(-c3ccccc3)n2)cc1-c1cc(-c2ccccc2)nc(-c2ccccc2)n1. The summed E-state index contributed by atoms with van der Waals surface area (Å²) < 4.78 is 0. The van der Waals surface area contributed by atoms with Gasteiger partial charge in [-0.25, -0.2) is 24.9 Å². The maximum Gasteiger partial charge on any atom is 0.164 e. The van der Waals surface area contributed by atoms with Gasteiger partial charge in [0.15, 0.2) is 23.3 Å². The average Bonchev–Trinajstić information content (AvgIpc) is 3.36. The van der Waals surface area contributed by atoms with Crippen LogP contribution in [0.3, 0.4) is 0 Å². The molecule has 64 heavy (non-hydrogen) atoms. The minimum Gasteiger partial charge on any atom is -0.309 e. The largest absolute Gasteiger partial charge is 0.309 e. The van der Waals surface area contributed by atoms with Crippen LogP contribution in [0.4, 0.5) is 17.1 Å². The molecule has 0 aliphatic carbocycles. The normalized spacial score (nSPS) is 12.0. The molecule has 2 aromatic heterocycles. The molecule has 0 saturated carbocycles. The van der Waals surface area contributed by atoms with E-state index in [1.807, 2.05) is 84.9 Å². The van der Waals surface area contributed by atoms with Crippen molar-refractivity contribution in [3.05, 3.63) is 201 Å². The van der Waals surface area contributed by atoms with Crippen LogP contribution in [-0.2, 0) is 6.42 Å². The fraction of sp³-hybridized carbons (Fsp3) is 0.155. The highest BCUT2D eigenvalue weighted by molar-refractivity contribution is 5.96. The van der Waals surface area contributed by atoms with E-state index in [2.05, 4.69) is 121 Å². The van der Waals surface area contributed by atoms with Crippen molar-refractivity contribution in [1.29, 1.82) is 0 Å². The van der Waals surface area contributed by atoms with E-state index in [1.165, 1.54) is 67.0 Å². The van der Waals surface area contributed by atoms with Gasteiger partial charge < -0.3 is 4.90 Å². The lowest BCUT2D eigenvalue weighted by Crippen LogP contribution is -2.25. The molecule has 0 N–H and O–H groups in total. The smallest absolute Gasteiger partial charge is 0.164 e. The molecule has 7 aromatic carbocycles. The predicted octanol–water partition coefficient (Wildman–Crippen LogP) is 14.5. The zero-order chi connectivity index (χ0) is 44.2. The number of benzene rings is 7. The van der Waals surface area contributed by atoms with Gasteiger partial charge in [-0.2, -0.15) is 0 Å². The zero-order valence-electron chi connectivity index (χ0n) is 37.7. The number of rotatable bonds is 7. The van der Waals surface area contributed by atoms with E-state index in [-0.39, 0.29) is 0 Å². The molecule has 6 nitrogen and oxygen atoms in total. The molecular formula is C58H50N6. The third-order valence-electron chi connectivity index (χ3n) is 13.7. The first-order valence-electron chi connectivity index (χ1n) is 22.1. The average molecular weight is 831 g/mol. The molecule has 0 radical (unpaired) electrons. The monoisotopic (exact) mass is 830 g/mol. The first-order chi connectivity index (χ1) is 31.1. The molecule has 3 heterocycles. The highest BCUT2D eigenvalue weighted by Crippen LogP contribution is 2.53. The second kappa shape index (κ2) is 16.3. The number of anilines is 3. The van der Waals surface area contributed by atoms with Gasteiger partial charge in [-0.05, 0) is 135 Å². The number of aromatic nitrogens is 5. The van der Waals surface area contributed by atoms with Crippen LogP contribution >= 0.6 is 0 Å². The molecular weight excluding hydrogens is 781 g/mol. The van der Waals surface area contributed by atoms with Gasteiger partial charge in [0.1, 0.15) is 0 Å². The summed E-state index contributed by atoms with van der Waals surface area (Å²) in [5.74, 6) is 2.46. The van der Waals surface area contributed by atoms with Crippen LogP contribution in [0.2, 0.25) is 0 Å². The number of hydrogen-bond acceptors (Lipinski definition) is 6. The van der Waals surface area contributed by atoms with Crippen molar-refractivity contribution in [2.75, 3.05) is 4.90 Å². The first kappa shape index (κ1) is 40.5. The van der Waals surface area contributed by atoms with Crippen molar-refractivity contribution in [2.24, 2.45) is 0 Å². The van der Waals surface area contributed by atoms with E-state index in [0.717, 1.165) is 56.9 Å². The zero-order valence-corrected chi connectivity index (χ0v) is 37.7. The van der Waals surface area contributed by atoms with Crippen LogP contribution < -0.4 is 4.90 Å². The quantitative estimate of drug-likeness (QED) is 0.159. The van der Waals surface area contributed by atoms with E-state index < -0.39 is 0 Å². The highest BCUT2D eigenvalue weighted by Gasteiger charge is 2.34. The Kier molecular flexibility index (Phi) is 10.3. The molecule has 9 aromatic rings. The minimum atomic E-state index is 0.581. The number of fused-ring (bicyclic) bond motifs is 2. The van der Waals surface area contributed by atoms with Crippen LogP contribution in [0, 0.1) is 55.4 Å². The van der Waals surface area contributed by atoms with Gasteiger partial charge in [-0.3, -0.25) is 0 Å². The Morgan fingerprint density at radius 3 is 1.16 bits per heavy atom.